The second-order valence-corrected chi connectivity index (χ2v) is 5.44. The molecule has 1 saturated carbocycles. The molecule has 0 radical (unpaired) electrons. The number of aryl methyl sites for hydroxylation is 1. The molecule has 0 spiro atoms. The standard InChI is InChI=1S/C14H19N3O4/c1-8-6-15-11(9(2)13(8)21-4)7-16(3)14(18)10-5-12(10)17(19)20/h6,10,12H,5,7H2,1-4H3/t10-,12+/m1/s1. The topological polar surface area (TPSA) is 85.6 Å². The molecule has 1 aliphatic carbocycles. The first-order chi connectivity index (χ1) is 9.86. The molecule has 2 atom stereocenters. The zero-order valence-electron chi connectivity index (χ0n) is 12.6. The Hall–Kier alpha value is -2.18. The average Bonchev–Trinajstić information content (AvgIpc) is 3.22. The molecule has 1 aromatic heterocycles. The third-order valence-electron chi connectivity index (χ3n) is 3.86. The maximum Gasteiger partial charge on any atom is 0.233 e. The van der Waals surface area contributed by atoms with Crippen LogP contribution in [0.2, 0.25) is 0 Å². The third kappa shape index (κ3) is 2.96. The zero-order valence-corrected chi connectivity index (χ0v) is 12.6. The molecular weight excluding hydrogens is 274 g/mol. The van der Waals surface area contributed by atoms with E-state index in [9.17, 15) is 14.9 Å². The number of pyridine rings is 1. The van der Waals surface area contributed by atoms with Gasteiger partial charge in [0.05, 0.1) is 19.3 Å². The number of aromatic nitrogens is 1. The van der Waals surface area contributed by atoms with E-state index in [1.807, 2.05) is 13.8 Å². The number of ether oxygens (including phenoxy) is 1. The Bertz CT molecular complexity index is 588. The molecule has 0 N–H and O–H groups in total. The summed E-state index contributed by atoms with van der Waals surface area (Å²) in [6.07, 6.45) is 2.04. The fourth-order valence-corrected chi connectivity index (χ4v) is 2.50. The summed E-state index contributed by atoms with van der Waals surface area (Å²) in [6, 6.07) is -0.721. The molecule has 7 heteroatoms. The Morgan fingerprint density at radius 1 is 1.57 bits per heavy atom. The zero-order chi connectivity index (χ0) is 15.7. The van der Waals surface area contributed by atoms with Crippen LogP contribution in [0.15, 0.2) is 6.20 Å². The Morgan fingerprint density at radius 3 is 2.76 bits per heavy atom. The number of nitrogens with zero attached hydrogens (tertiary/aromatic N) is 3. The predicted molar refractivity (Wildman–Crippen MR) is 75.6 cm³/mol. The summed E-state index contributed by atoms with van der Waals surface area (Å²) in [7, 11) is 3.24. The largest absolute Gasteiger partial charge is 0.496 e. The Labute approximate surface area is 123 Å². The van der Waals surface area contributed by atoms with Gasteiger partial charge in [-0.05, 0) is 13.8 Å². The fourth-order valence-electron chi connectivity index (χ4n) is 2.50. The summed E-state index contributed by atoms with van der Waals surface area (Å²) in [4.78, 5) is 28.2. The lowest BCUT2D eigenvalue weighted by Gasteiger charge is -2.19. The average molecular weight is 293 g/mol. The van der Waals surface area contributed by atoms with Gasteiger partial charge in [0.15, 0.2) is 0 Å². The second kappa shape index (κ2) is 5.67. The van der Waals surface area contributed by atoms with E-state index in [0.717, 1.165) is 22.6 Å². The first kappa shape index (κ1) is 15.2. The molecule has 1 fully saturated rings. The number of rotatable bonds is 5. The van der Waals surface area contributed by atoms with Crippen molar-refractivity contribution < 1.29 is 14.5 Å². The highest BCUT2D eigenvalue weighted by Gasteiger charge is 2.54. The van der Waals surface area contributed by atoms with Gasteiger partial charge < -0.3 is 9.64 Å². The quantitative estimate of drug-likeness (QED) is 0.604. The first-order valence-electron chi connectivity index (χ1n) is 6.74. The lowest BCUT2D eigenvalue weighted by atomic mass is 10.1. The monoisotopic (exact) mass is 293 g/mol. The van der Waals surface area contributed by atoms with Gasteiger partial charge in [-0.3, -0.25) is 19.9 Å². The molecule has 2 rings (SSSR count). The Balaban J connectivity index is 2.08. The Kier molecular flexibility index (Phi) is 4.11. The minimum absolute atomic E-state index is 0.197. The van der Waals surface area contributed by atoms with Gasteiger partial charge in [0.2, 0.25) is 11.9 Å². The van der Waals surface area contributed by atoms with E-state index in [4.69, 9.17) is 4.74 Å². The lowest BCUT2D eigenvalue weighted by molar-refractivity contribution is -0.497. The lowest BCUT2D eigenvalue weighted by Crippen LogP contribution is -2.30. The van der Waals surface area contributed by atoms with E-state index in [-0.39, 0.29) is 10.8 Å². The number of hydrogen-bond acceptors (Lipinski definition) is 5. The van der Waals surface area contributed by atoms with Crippen molar-refractivity contribution in [2.24, 2.45) is 5.92 Å². The molecule has 0 unspecified atom stereocenters. The van der Waals surface area contributed by atoms with Crippen molar-refractivity contribution in [2.45, 2.75) is 32.9 Å². The number of methoxy groups -OCH3 is 1. The van der Waals surface area contributed by atoms with Gasteiger partial charge >= 0.3 is 0 Å². The van der Waals surface area contributed by atoms with E-state index < -0.39 is 12.0 Å². The van der Waals surface area contributed by atoms with Gasteiger partial charge in [0.25, 0.3) is 0 Å². The van der Waals surface area contributed by atoms with Crippen LogP contribution in [-0.4, -0.2) is 40.9 Å². The third-order valence-corrected chi connectivity index (χ3v) is 3.86. The summed E-state index contributed by atoms with van der Waals surface area (Å²) in [5, 5.41) is 10.6. The fraction of sp³-hybridized carbons (Fsp3) is 0.571. The summed E-state index contributed by atoms with van der Waals surface area (Å²) in [5.41, 5.74) is 2.56. The van der Waals surface area contributed by atoms with Crippen molar-refractivity contribution in [3.8, 4) is 5.75 Å². The number of carbonyl (C=O) groups excluding carboxylic acids is 1. The van der Waals surface area contributed by atoms with Gasteiger partial charge in [-0.1, -0.05) is 0 Å². The molecule has 0 saturated heterocycles. The van der Waals surface area contributed by atoms with Crippen LogP contribution in [0.3, 0.4) is 0 Å². The SMILES string of the molecule is COc1c(C)cnc(CN(C)C(=O)[C@@H]2C[C@@H]2[N+](=O)[O-])c1C. The maximum absolute atomic E-state index is 12.1. The minimum Gasteiger partial charge on any atom is -0.496 e. The highest BCUT2D eigenvalue weighted by Crippen LogP contribution is 2.35. The van der Waals surface area contributed by atoms with Crippen LogP contribution in [0.25, 0.3) is 0 Å². The van der Waals surface area contributed by atoms with E-state index in [0.29, 0.717) is 13.0 Å². The number of nitro groups is 1. The molecular formula is C14H19N3O4. The molecule has 7 nitrogen and oxygen atoms in total. The second-order valence-electron chi connectivity index (χ2n) is 5.44. The van der Waals surface area contributed by atoms with Crippen LogP contribution in [0.1, 0.15) is 23.2 Å². The van der Waals surface area contributed by atoms with Crippen LogP contribution in [0, 0.1) is 29.9 Å². The summed E-state index contributed by atoms with van der Waals surface area (Å²) >= 11 is 0. The van der Waals surface area contributed by atoms with Gasteiger partial charge in [-0.15, -0.1) is 0 Å². The molecule has 0 aromatic carbocycles. The molecule has 1 aromatic rings. The highest BCUT2D eigenvalue weighted by atomic mass is 16.6. The van der Waals surface area contributed by atoms with Crippen molar-refractivity contribution in [3.63, 3.8) is 0 Å². The summed E-state index contributed by atoms with van der Waals surface area (Å²) < 4.78 is 5.33. The summed E-state index contributed by atoms with van der Waals surface area (Å²) in [6.45, 7) is 4.12. The van der Waals surface area contributed by atoms with Crippen molar-refractivity contribution in [2.75, 3.05) is 14.2 Å². The normalized spacial score (nSPS) is 20.0. The molecule has 21 heavy (non-hydrogen) atoms. The minimum atomic E-state index is -0.721. The smallest absolute Gasteiger partial charge is 0.233 e. The van der Waals surface area contributed by atoms with Gasteiger partial charge in [0, 0.05) is 35.7 Å². The van der Waals surface area contributed by atoms with Crippen LogP contribution in [-0.2, 0) is 11.3 Å². The summed E-state index contributed by atoms with van der Waals surface area (Å²) in [5.74, 6) is 0.0746. The Morgan fingerprint density at radius 2 is 2.24 bits per heavy atom. The molecule has 1 heterocycles. The van der Waals surface area contributed by atoms with Crippen LogP contribution < -0.4 is 4.74 Å². The van der Waals surface area contributed by atoms with E-state index >= 15 is 0 Å². The molecule has 0 bridgehead atoms. The van der Waals surface area contributed by atoms with E-state index in [2.05, 4.69) is 4.98 Å². The maximum atomic E-state index is 12.1. The van der Waals surface area contributed by atoms with E-state index in [1.54, 1.807) is 20.4 Å². The van der Waals surface area contributed by atoms with Crippen LogP contribution in [0.4, 0.5) is 0 Å². The predicted octanol–water partition coefficient (Wildman–Crippen LogP) is 1.33. The van der Waals surface area contributed by atoms with E-state index in [1.165, 1.54) is 4.90 Å². The molecule has 114 valence electrons. The number of amides is 1. The van der Waals surface area contributed by atoms with Crippen LogP contribution >= 0.6 is 0 Å². The molecule has 1 aliphatic rings. The van der Waals surface area contributed by atoms with Crippen molar-refractivity contribution in [1.29, 1.82) is 0 Å². The van der Waals surface area contributed by atoms with Crippen LogP contribution in [0.5, 0.6) is 5.75 Å². The van der Waals surface area contributed by atoms with Gasteiger partial charge in [-0.2, -0.15) is 0 Å². The van der Waals surface area contributed by atoms with Crippen molar-refractivity contribution in [1.82, 2.24) is 9.88 Å². The molecule has 1 amide bonds. The van der Waals surface area contributed by atoms with Crippen molar-refractivity contribution >= 4 is 5.91 Å². The highest BCUT2D eigenvalue weighted by molar-refractivity contribution is 5.81. The number of carbonyl (C=O) groups is 1. The van der Waals surface area contributed by atoms with Gasteiger partial charge in [0.1, 0.15) is 11.7 Å². The van der Waals surface area contributed by atoms with Crippen molar-refractivity contribution in [3.05, 3.63) is 33.1 Å². The number of hydrogen-bond donors (Lipinski definition) is 0. The molecule has 0 aliphatic heterocycles. The first-order valence-corrected chi connectivity index (χ1v) is 6.74. The van der Waals surface area contributed by atoms with Gasteiger partial charge in [-0.25, -0.2) is 0 Å².